The molecule has 166 valence electrons. The standard InChI is InChI=1S/C23H26ClNO6/c1-10(2)6-12-8-16(26)25-13-7-11(3)23(21(27)17(12)13)22(28)18-14(29-4)9-15(30-5)19(24)20(18)31-23/h9-12H,6-8H2,1-5H3,(H,25,26)/t11-,12-,23+/m1/s1. The van der Waals surface area contributed by atoms with E-state index in [4.69, 9.17) is 25.8 Å². The third-order valence-electron chi connectivity index (χ3n) is 6.42. The Bertz CT molecular complexity index is 1030. The van der Waals surface area contributed by atoms with Crippen LogP contribution in [0.2, 0.25) is 5.02 Å². The number of nitrogens with one attached hydrogen (secondary N) is 1. The molecule has 3 aliphatic rings. The number of methoxy groups -OCH3 is 2. The van der Waals surface area contributed by atoms with E-state index in [2.05, 4.69) is 5.32 Å². The first-order chi connectivity index (χ1) is 14.6. The highest BCUT2D eigenvalue weighted by Gasteiger charge is 2.63. The highest BCUT2D eigenvalue weighted by molar-refractivity contribution is 6.36. The Balaban J connectivity index is 1.86. The highest BCUT2D eigenvalue weighted by atomic mass is 35.5. The van der Waals surface area contributed by atoms with Gasteiger partial charge in [0.05, 0.1) is 14.2 Å². The van der Waals surface area contributed by atoms with Crippen LogP contribution in [-0.2, 0) is 9.59 Å². The minimum atomic E-state index is -1.73. The summed E-state index contributed by atoms with van der Waals surface area (Å²) in [4.78, 5) is 40.0. The minimum Gasteiger partial charge on any atom is -0.496 e. The van der Waals surface area contributed by atoms with Crippen LogP contribution in [0.4, 0.5) is 0 Å². The molecule has 7 nitrogen and oxygen atoms in total. The first kappa shape index (κ1) is 21.7. The van der Waals surface area contributed by atoms with Gasteiger partial charge in [-0.15, -0.1) is 0 Å². The Morgan fingerprint density at radius 2 is 1.84 bits per heavy atom. The van der Waals surface area contributed by atoms with Crippen molar-refractivity contribution in [2.45, 2.75) is 45.6 Å². The third-order valence-corrected chi connectivity index (χ3v) is 6.77. The zero-order chi connectivity index (χ0) is 22.7. The van der Waals surface area contributed by atoms with E-state index in [-0.39, 0.29) is 46.2 Å². The van der Waals surface area contributed by atoms with Crippen molar-refractivity contribution < 1.29 is 28.6 Å². The normalized spacial score (nSPS) is 27.3. The summed E-state index contributed by atoms with van der Waals surface area (Å²) in [5.41, 5.74) is -0.484. The van der Waals surface area contributed by atoms with E-state index in [9.17, 15) is 14.4 Å². The fourth-order valence-corrected chi connectivity index (χ4v) is 5.33. The summed E-state index contributed by atoms with van der Waals surface area (Å²) in [6, 6.07) is 1.52. The maximum absolute atomic E-state index is 14.0. The summed E-state index contributed by atoms with van der Waals surface area (Å²) in [6.45, 7) is 5.87. The Morgan fingerprint density at radius 1 is 1.16 bits per heavy atom. The number of hydrogen-bond donors (Lipinski definition) is 1. The van der Waals surface area contributed by atoms with Crippen LogP contribution in [0.1, 0.15) is 50.4 Å². The van der Waals surface area contributed by atoms with Gasteiger partial charge in [-0.25, -0.2) is 0 Å². The van der Waals surface area contributed by atoms with E-state index in [0.717, 1.165) is 0 Å². The number of carbonyl (C=O) groups is 3. The molecule has 2 heterocycles. The molecule has 0 saturated carbocycles. The molecule has 0 radical (unpaired) electrons. The van der Waals surface area contributed by atoms with Gasteiger partial charge in [0, 0.05) is 29.7 Å². The van der Waals surface area contributed by atoms with Gasteiger partial charge < -0.3 is 19.5 Å². The van der Waals surface area contributed by atoms with E-state index in [1.807, 2.05) is 13.8 Å². The monoisotopic (exact) mass is 447 g/mol. The second-order valence-corrected chi connectivity index (χ2v) is 9.25. The van der Waals surface area contributed by atoms with Crippen molar-refractivity contribution in [3.8, 4) is 17.2 Å². The molecule has 1 spiro atoms. The zero-order valence-corrected chi connectivity index (χ0v) is 19.0. The summed E-state index contributed by atoms with van der Waals surface area (Å²) < 4.78 is 16.9. The highest BCUT2D eigenvalue weighted by Crippen LogP contribution is 2.54. The molecule has 0 unspecified atom stereocenters. The number of rotatable bonds is 4. The summed E-state index contributed by atoms with van der Waals surface area (Å²) in [6.07, 6.45) is 1.23. The van der Waals surface area contributed by atoms with Crippen LogP contribution in [0.15, 0.2) is 17.3 Å². The largest absolute Gasteiger partial charge is 0.496 e. The number of halogens is 1. The van der Waals surface area contributed by atoms with E-state index in [1.165, 1.54) is 20.3 Å². The Kier molecular flexibility index (Phi) is 5.28. The number of ether oxygens (including phenoxy) is 3. The fourth-order valence-electron chi connectivity index (χ4n) is 5.06. The molecule has 4 rings (SSSR count). The summed E-state index contributed by atoms with van der Waals surface area (Å²) in [5, 5.41) is 2.98. The number of ketones is 2. The topological polar surface area (TPSA) is 90.9 Å². The molecule has 0 aromatic heterocycles. The van der Waals surface area contributed by atoms with Gasteiger partial charge in [-0.2, -0.15) is 0 Å². The van der Waals surface area contributed by atoms with E-state index >= 15 is 0 Å². The molecule has 1 aromatic carbocycles. The first-order valence-corrected chi connectivity index (χ1v) is 10.8. The predicted octanol–water partition coefficient (Wildman–Crippen LogP) is 3.72. The van der Waals surface area contributed by atoms with Gasteiger partial charge in [0.15, 0.2) is 5.75 Å². The second kappa shape index (κ2) is 7.55. The fraction of sp³-hybridized carbons (Fsp3) is 0.522. The average molecular weight is 448 g/mol. The third kappa shape index (κ3) is 3.04. The van der Waals surface area contributed by atoms with Crippen molar-refractivity contribution in [3.05, 3.63) is 27.9 Å². The number of carbonyl (C=O) groups excluding carboxylic acids is 3. The Labute approximate surface area is 186 Å². The molecule has 0 saturated heterocycles. The van der Waals surface area contributed by atoms with Gasteiger partial charge in [0.25, 0.3) is 0 Å². The van der Waals surface area contributed by atoms with E-state index < -0.39 is 23.1 Å². The molecule has 3 atom stereocenters. The van der Waals surface area contributed by atoms with Crippen LogP contribution in [0, 0.1) is 17.8 Å². The van der Waals surface area contributed by atoms with Crippen molar-refractivity contribution >= 4 is 29.1 Å². The van der Waals surface area contributed by atoms with Gasteiger partial charge in [0.2, 0.25) is 23.1 Å². The number of Topliss-reactive ketones (excluding diaryl/α,β-unsaturated/α-hetero) is 2. The maximum atomic E-state index is 14.0. The minimum absolute atomic E-state index is 0.100. The summed E-state index contributed by atoms with van der Waals surface area (Å²) >= 11 is 6.46. The summed E-state index contributed by atoms with van der Waals surface area (Å²) in [5.74, 6) is -0.809. The van der Waals surface area contributed by atoms with Crippen molar-refractivity contribution in [2.75, 3.05) is 14.2 Å². The Morgan fingerprint density at radius 3 is 2.45 bits per heavy atom. The lowest BCUT2D eigenvalue weighted by molar-refractivity contribution is -0.132. The number of fused-ring (bicyclic) bond motifs is 1. The predicted molar refractivity (Wildman–Crippen MR) is 114 cm³/mol. The van der Waals surface area contributed by atoms with Crippen molar-refractivity contribution in [1.82, 2.24) is 5.32 Å². The molecule has 0 fully saturated rings. The molecule has 1 aromatic rings. The lowest BCUT2D eigenvalue weighted by Crippen LogP contribution is -2.59. The van der Waals surface area contributed by atoms with Crippen molar-refractivity contribution in [3.63, 3.8) is 0 Å². The maximum Gasteiger partial charge on any atom is 0.236 e. The SMILES string of the molecule is COc1cc(OC)c2c(c1Cl)O[C@@]1(C(=O)C3=C(C[C@H]1C)NC(=O)C[C@H]3CC(C)C)C2=O. The lowest BCUT2D eigenvalue weighted by atomic mass is 9.66. The van der Waals surface area contributed by atoms with Gasteiger partial charge in [-0.3, -0.25) is 14.4 Å². The zero-order valence-electron chi connectivity index (χ0n) is 18.3. The molecule has 1 aliphatic carbocycles. The lowest BCUT2D eigenvalue weighted by Gasteiger charge is -2.42. The molecule has 1 N–H and O–H groups in total. The average Bonchev–Trinajstić information content (AvgIpc) is 3.01. The smallest absolute Gasteiger partial charge is 0.236 e. The molecule has 0 bridgehead atoms. The molecular formula is C23H26ClNO6. The molecule has 8 heteroatoms. The number of allylic oxidation sites excluding steroid dienone is 1. The molecular weight excluding hydrogens is 422 g/mol. The summed E-state index contributed by atoms with van der Waals surface area (Å²) in [7, 11) is 2.88. The van der Waals surface area contributed by atoms with Crippen LogP contribution < -0.4 is 19.5 Å². The van der Waals surface area contributed by atoms with Gasteiger partial charge in [-0.05, 0) is 24.7 Å². The van der Waals surface area contributed by atoms with Gasteiger partial charge in [0.1, 0.15) is 22.1 Å². The van der Waals surface area contributed by atoms with Crippen molar-refractivity contribution in [2.24, 2.45) is 17.8 Å². The van der Waals surface area contributed by atoms with Crippen LogP contribution >= 0.6 is 11.6 Å². The first-order valence-electron chi connectivity index (χ1n) is 10.4. The van der Waals surface area contributed by atoms with Crippen molar-refractivity contribution in [1.29, 1.82) is 0 Å². The van der Waals surface area contributed by atoms with Gasteiger partial charge >= 0.3 is 0 Å². The van der Waals surface area contributed by atoms with Crippen LogP contribution in [0.25, 0.3) is 0 Å². The Hall–Kier alpha value is -2.54. The molecule has 1 amide bonds. The molecule has 2 aliphatic heterocycles. The number of benzene rings is 1. The molecule has 31 heavy (non-hydrogen) atoms. The van der Waals surface area contributed by atoms with E-state index in [0.29, 0.717) is 29.9 Å². The van der Waals surface area contributed by atoms with Crippen LogP contribution in [0.5, 0.6) is 17.2 Å². The van der Waals surface area contributed by atoms with Crippen LogP contribution in [0.3, 0.4) is 0 Å². The van der Waals surface area contributed by atoms with E-state index in [1.54, 1.807) is 6.92 Å². The quantitative estimate of drug-likeness (QED) is 0.707. The number of hydrogen-bond acceptors (Lipinski definition) is 6. The van der Waals surface area contributed by atoms with Crippen LogP contribution in [-0.4, -0.2) is 37.3 Å². The second-order valence-electron chi connectivity index (χ2n) is 8.87. The van der Waals surface area contributed by atoms with Gasteiger partial charge in [-0.1, -0.05) is 32.4 Å². The number of amides is 1.